The molecule has 0 radical (unpaired) electrons. The molecule has 1 aliphatic heterocycles. The normalized spacial score (nSPS) is 18.3. The monoisotopic (exact) mass is 307 g/mol. The summed E-state index contributed by atoms with van der Waals surface area (Å²) in [6.45, 7) is 0. The smallest absolute Gasteiger partial charge is 0.370 e. The number of hydroxylamine groups is 2. The van der Waals surface area contributed by atoms with Crippen LogP contribution in [0.2, 0.25) is 0 Å². The average molecular weight is 307 g/mol. The van der Waals surface area contributed by atoms with Crippen molar-refractivity contribution >= 4 is 17.8 Å². The molecule has 0 aromatic heterocycles. The van der Waals surface area contributed by atoms with E-state index in [1.807, 2.05) is 0 Å². The number of halogens is 4. The van der Waals surface area contributed by atoms with Gasteiger partial charge in [-0.2, -0.15) is 0 Å². The van der Waals surface area contributed by atoms with Crippen molar-refractivity contribution in [3.8, 4) is 0 Å². The van der Waals surface area contributed by atoms with Crippen molar-refractivity contribution in [1.29, 1.82) is 0 Å². The van der Waals surface area contributed by atoms with Crippen molar-refractivity contribution < 1.29 is 41.9 Å². The summed E-state index contributed by atoms with van der Waals surface area (Å²) in [5.74, 6) is -12.3. The van der Waals surface area contributed by atoms with Gasteiger partial charge >= 0.3 is 5.97 Å². The SMILES string of the molecule is O=C(ON1C(=O)CC(O)C1=O)c1c(F)c(F)cc(F)c1F. The highest BCUT2D eigenvalue weighted by atomic mass is 19.2. The first kappa shape index (κ1) is 14.9. The minimum atomic E-state index is -2.04. The number of carbonyl (C=O) groups is 3. The van der Waals surface area contributed by atoms with Gasteiger partial charge in [0, 0.05) is 6.07 Å². The Morgan fingerprint density at radius 1 is 1.19 bits per heavy atom. The van der Waals surface area contributed by atoms with E-state index in [9.17, 15) is 31.9 Å². The van der Waals surface area contributed by atoms with Gasteiger partial charge in [-0.05, 0) is 0 Å². The summed E-state index contributed by atoms with van der Waals surface area (Å²) in [5, 5.41) is 8.82. The zero-order valence-electron chi connectivity index (χ0n) is 9.90. The Morgan fingerprint density at radius 3 is 2.14 bits per heavy atom. The summed E-state index contributed by atoms with van der Waals surface area (Å²) in [6, 6.07) is -0.128. The second-order valence-corrected chi connectivity index (χ2v) is 3.97. The number of carbonyl (C=O) groups excluding carboxylic acids is 3. The summed E-state index contributed by atoms with van der Waals surface area (Å²) in [6.07, 6.45) is -2.47. The number of nitrogens with zero attached hydrogens (tertiary/aromatic N) is 1. The number of benzene rings is 1. The van der Waals surface area contributed by atoms with Gasteiger partial charge in [0.05, 0.1) is 6.42 Å². The van der Waals surface area contributed by atoms with Crippen LogP contribution in [-0.4, -0.2) is 34.1 Å². The quantitative estimate of drug-likeness (QED) is 0.487. The summed E-state index contributed by atoms with van der Waals surface area (Å²) in [5.41, 5.74) is -1.74. The molecule has 21 heavy (non-hydrogen) atoms. The second-order valence-electron chi connectivity index (χ2n) is 3.97. The second kappa shape index (κ2) is 5.13. The predicted octanol–water partition coefficient (Wildman–Crippen LogP) is 0.435. The fourth-order valence-corrected chi connectivity index (χ4v) is 1.57. The van der Waals surface area contributed by atoms with E-state index >= 15 is 0 Å². The lowest BCUT2D eigenvalue weighted by molar-refractivity contribution is -0.175. The first-order valence-corrected chi connectivity index (χ1v) is 5.34. The Bertz CT molecular complexity index is 636. The minimum absolute atomic E-state index is 0.128. The highest BCUT2D eigenvalue weighted by molar-refractivity contribution is 6.05. The molecule has 0 aliphatic carbocycles. The van der Waals surface area contributed by atoms with Crippen LogP contribution in [0.15, 0.2) is 6.07 Å². The Balaban J connectivity index is 2.34. The van der Waals surface area contributed by atoms with Crippen LogP contribution in [-0.2, 0) is 14.4 Å². The molecule has 1 heterocycles. The van der Waals surface area contributed by atoms with E-state index in [0.717, 1.165) is 0 Å². The predicted molar refractivity (Wildman–Crippen MR) is 54.2 cm³/mol. The van der Waals surface area contributed by atoms with Crippen molar-refractivity contribution in [3.05, 3.63) is 34.9 Å². The van der Waals surface area contributed by atoms with Crippen LogP contribution in [0.5, 0.6) is 0 Å². The molecule has 1 atom stereocenters. The van der Waals surface area contributed by atoms with Gasteiger partial charge in [-0.25, -0.2) is 22.4 Å². The third-order valence-corrected chi connectivity index (χ3v) is 2.57. The standard InChI is InChI=1S/C11H5F4NO5/c12-3-1-4(13)9(15)7(8(3)14)11(20)21-16-6(18)2-5(17)10(16)19/h1,5,17H,2H2. The molecule has 0 spiro atoms. The zero-order valence-corrected chi connectivity index (χ0v) is 9.90. The van der Waals surface area contributed by atoms with Crippen LogP contribution in [0.25, 0.3) is 0 Å². The van der Waals surface area contributed by atoms with Crippen LogP contribution in [0, 0.1) is 23.3 Å². The van der Waals surface area contributed by atoms with E-state index in [1.54, 1.807) is 0 Å². The van der Waals surface area contributed by atoms with Gasteiger partial charge in [0.25, 0.3) is 11.8 Å². The zero-order chi connectivity index (χ0) is 15.9. The summed E-state index contributed by atoms with van der Waals surface area (Å²) in [7, 11) is 0. The molecule has 1 aliphatic rings. The van der Waals surface area contributed by atoms with E-state index in [2.05, 4.69) is 4.84 Å². The number of aliphatic hydroxyl groups is 1. The molecule has 10 heteroatoms. The molecular formula is C11H5F4NO5. The maximum atomic E-state index is 13.3. The van der Waals surface area contributed by atoms with Crippen molar-refractivity contribution in [1.82, 2.24) is 5.06 Å². The molecule has 0 saturated carbocycles. The number of hydrogen-bond acceptors (Lipinski definition) is 5. The molecule has 1 fully saturated rings. The molecule has 1 N–H and O–H groups in total. The van der Waals surface area contributed by atoms with Gasteiger partial charge in [-0.1, -0.05) is 5.06 Å². The Morgan fingerprint density at radius 2 is 1.71 bits per heavy atom. The molecule has 1 unspecified atom stereocenters. The lowest BCUT2D eigenvalue weighted by Gasteiger charge is -2.13. The van der Waals surface area contributed by atoms with E-state index < -0.39 is 59.1 Å². The third kappa shape index (κ3) is 2.44. The molecule has 112 valence electrons. The van der Waals surface area contributed by atoms with Gasteiger partial charge in [0.15, 0.2) is 23.3 Å². The van der Waals surface area contributed by atoms with Crippen molar-refractivity contribution in [2.45, 2.75) is 12.5 Å². The largest absolute Gasteiger partial charge is 0.383 e. The lowest BCUT2D eigenvalue weighted by Crippen LogP contribution is -2.35. The summed E-state index contributed by atoms with van der Waals surface area (Å²) in [4.78, 5) is 38.0. The number of aliphatic hydroxyl groups excluding tert-OH is 1. The van der Waals surface area contributed by atoms with Crippen LogP contribution in [0.3, 0.4) is 0 Å². The molecule has 2 rings (SSSR count). The molecule has 0 bridgehead atoms. The van der Waals surface area contributed by atoms with Crippen molar-refractivity contribution in [2.24, 2.45) is 0 Å². The Labute approximate surface area is 113 Å². The minimum Gasteiger partial charge on any atom is -0.383 e. The first-order valence-electron chi connectivity index (χ1n) is 5.34. The Kier molecular flexibility index (Phi) is 3.64. The van der Waals surface area contributed by atoms with E-state index in [4.69, 9.17) is 5.11 Å². The number of rotatable bonds is 2. The highest BCUT2D eigenvalue weighted by Gasteiger charge is 2.41. The fourth-order valence-electron chi connectivity index (χ4n) is 1.57. The highest BCUT2D eigenvalue weighted by Crippen LogP contribution is 2.22. The summed E-state index contributed by atoms with van der Waals surface area (Å²) < 4.78 is 52.5. The van der Waals surface area contributed by atoms with Gasteiger partial charge in [0.2, 0.25) is 0 Å². The number of imide groups is 1. The van der Waals surface area contributed by atoms with Crippen LogP contribution >= 0.6 is 0 Å². The molecule has 1 aromatic rings. The maximum absolute atomic E-state index is 13.3. The van der Waals surface area contributed by atoms with Crippen molar-refractivity contribution in [3.63, 3.8) is 0 Å². The lowest BCUT2D eigenvalue weighted by atomic mass is 10.2. The molecule has 2 amide bonds. The fraction of sp³-hybridized carbons (Fsp3) is 0.182. The molecule has 6 nitrogen and oxygen atoms in total. The van der Waals surface area contributed by atoms with Gasteiger partial charge in [-0.15, -0.1) is 0 Å². The molecular weight excluding hydrogens is 302 g/mol. The van der Waals surface area contributed by atoms with E-state index in [0.29, 0.717) is 0 Å². The average Bonchev–Trinajstić information content (AvgIpc) is 2.63. The van der Waals surface area contributed by atoms with Gasteiger partial charge < -0.3 is 9.94 Å². The van der Waals surface area contributed by atoms with Gasteiger partial charge in [-0.3, -0.25) is 9.59 Å². The van der Waals surface area contributed by atoms with Crippen molar-refractivity contribution in [2.75, 3.05) is 0 Å². The summed E-state index contributed by atoms with van der Waals surface area (Å²) >= 11 is 0. The molecule has 1 aromatic carbocycles. The van der Waals surface area contributed by atoms with Crippen LogP contribution in [0.1, 0.15) is 16.8 Å². The van der Waals surface area contributed by atoms with Crippen LogP contribution < -0.4 is 0 Å². The first-order chi connectivity index (χ1) is 9.73. The van der Waals surface area contributed by atoms with Gasteiger partial charge in [0.1, 0.15) is 11.7 Å². The topological polar surface area (TPSA) is 83.9 Å². The third-order valence-electron chi connectivity index (χ3n) is 2.57. The van der Waals surface area contributed by atoms with E-state index in [1.165, 1.54) is 0 Å². The molecule has 1 saturated heterocycles. The Hall–Kier alpha value is -2.49. The number of amides is 2. The maximum Gasteiger partial charge on any atom is 0.370 e. The van der Waals surface area contributed by atoms with E-state index in [-0.39, 0.29) is 11.1 Å². The number of hydrogen-bond donors (Lipinski definition) is 1. The van der Waals surface area contributed by atoms with Crippen LogP contribution in [0.4, 0.5) is 17.6 Å².